The molecule has 0 aliphatic carbocycles. The minimum Gasteiger partial charge on any atom is -0.391 e. The van der Waals surface area contributed by atoms with Crippen molar-refractivity contribution in [2.24, 2.45) is 0 Å². The summed E-state index contributed by atoms with van der Waals surface area (Å²) < 4.78 is 4.90. The highest BCUT2D eigenvalue weighted by Crippen LogP contribution is 2.16. The fourth-order valence-corrected chi connectivity index (χ4v) is 1.95. The highest BCUT2D eigenvalue weighted by atomic mass is 32.2. The first-order chi connectivity index (χ1) is 7.83. The quantitative estimate of drug-likeness (QED) is 0.521. The van der Waals surface area contributed by atoms with E-state index in [1.165, 1.54) is 0 Å². The molecule has 1 unspecified atom stereocenters. The third-order valence-electron chi connectivity index (χ3n) is 1.96. The van der Waals surface area contributed by atoms with Crippen molar-refractivity contribution in [1.29, 1.82) is 0 Å². The van der Waals surface area contributed by atoms with Crippen LogP contribution in [0.1, 0.15) is 0 Å². The summed E-state index contributed by atoms with van der Waals surface area (Å²) in [7, 11) is 1.66. The summed E-state index contributed by atoms with van der Waals surface area (Å²) in [5, 5.41) is 12.8. The first kappa shape index (κ1) is 13.4. The van der Waals surface area contributed by atoms with Gasteiger partial charge in [0, 0.05) is 43.2 Å². The van der Waals surface area contributed by atoms with E-state index in [1.54, 1.807) is 31.3 Å². The third-order valence-corrected chi connectivity index (χ3v) is 3.11. The van der Waals surface area contributed by atoms with Gasteiger partial charge in [-0.15, -0.1) is 11.8 Å². The number of hydrogen-bond acceptors (Lipinski definition) is 5. The Morgan fingerprint density at radius 2 is 2.25 bits per heavy atom. The second kappa shape index (κ2) is 8.52. The fourth-order valence-electron chi connectivity index (χ4n) is 1.13. The number of methoxy groups -OCH3 is 1. The van der Waals surface area contributed by atoms with Crippen LogP contribution in [0.5, 0.6) is 0 Å². The number of nitrogens with zero attached hydrogens (tertiary/aromatic N) is 1. The van der Waals surface area contributed by atoms with Gasteiger partial charge in [0.25, 0.3) is 0 Å². The minimum absolute atomic E-state index is 0.338. The molecule has 4 nitrogen and oxygen atoms in total. The van der Waals surface area contributed by atoms with E-state index in [0.717, 1.165) is 11.4 Å². The summed E-state index contributed by atoms with van der Waals surface area (Å²) in [6.45, 7) is 2.04. The van der Waals surface area contributed by atoms with E-state index in [1.807, 2.05) is 12.1 Å². The van der Waals surface area contributed by atoms with E-state index < -0.39 is 0 Å². The van der Waals surface area contributed by atoms with Gasteiger partial charge in [-0.2, -0.15) is 0 Å². The summed E-state index contributed by atoms with van der Waals surface area (Å²) in [4.78, 5) is 5.07. The average Bonchev–Trinajstić information content (AvgIpc) is 2.33. The lowest BCUT2D eigenvalue weighted by molar-refractivity contribution is 0.175. The van der Waals surface area contributed by atoms with E-state index in [2.05, 4.69) is 10.3 Å². The number of hydrogen-bond donors (Lipinski definition) is 2. The Balaban J connectivity index is 2.08. The summed E-state index contributed by atoms with van der Waals surface area (Å²) in [5.41, 5.74) is 0. The Hall–Kier alpha value is -0.620. The second-order valence-corrected chi connectivity index (χ2v) is 4.44. The van der Waals surface area contributed by atoms with Crippen molar-refractivity contribution >= 4 is 11.8 Å². The maximum absolute atomic E-state index is 9.67. The van der Waals surface area contributed by atoms with Gasteiger partial charge in [0.1, 0.15) is 0 Å². The zero-order chi connectivity index (χ0) is 11.6. The molecule has 0 fully saturated rings. The van der Waals surface area contributed by atoms with Gasteiger partial charge >= 0.3 is 0 Å². The molecule has 1 atom stereocenters. The van der Waals surface area contributed by atoms with Crippen molar-refractivity contribution in [2.75, 3.05) is 32.6 Å². The molecule has 0 radical (unpaired) electrons. The molecule has 1 heterocycles. The molecule has 0 aliphatic rings. The minimum atomic E-state index is -0.338. The molecule has 2 N–H and O–H groups in total. The monoisotopic (exact) mass is 242 g/mol. The highest BCUT2D eigenvalue weighted by molar-refractivity contribution is 7.99. The largest absolute Gasteiger partial charge is 0.391 e. The summed E-state index contributed by atoms with van der Waals surface area (Å²) in [5.74, 6) is 0.685. The molecule has 0 aromatic carbocycles. The van der Waals surface area contributed by atoms with E-state index in [4.69, 9.17) is 4.74 Å². The van der Waals surface area contributed by atoms with Gasteiger partial charge in [-0.1, -0.05) is 0 Å². The molecular weight excluding hydrogens is 224 g/mol. The Morgan fingerprint density at radius 1 is 1.50 bits per heavy atom. The molecule has 0 spiro atoms. The number of nitrogens with one attached hydrogen (secondary N) is 1. The van der Waals surface area contributed by atoms with E-state index >= 15 is 0 Å². The molecule has 0 saturated carbocycles. The highest BCUT2D eigenvalue weighted by Gasteiger charge is 2.04. The molecule has 0 amide bonds. The van der Waals surface area contributed by atoms with Crippen LogP contribution in [0.25, 0.3) is 0 Å². The topological polar surface area (TPSA) is 54.4 Å². The molecule has 16 heavy (non-hydrogen) atoms. The van der Waals surface area contributed by atoms with Gasteiger partial charge in [0.2, 0.25) is 0 Å². The summed E-state index contributed by atoms with van der Waals surface area (Å²) in [6, 6.07) is 3.88. The third kappa shape index (κ3) is 6.07. The Morgan fingerprint density at radius 3 is 2.94 bits per heavy atom. The van der Waals surface area contributed by atoms with Gasteiger partial charge in [0.05, 0.1) is 12.7 Å². The number of rotatable bonds is 8. The van der Waals surface area contributed by atoms with Crippen LogP contribution in [0.15, 0.2) is 29.4 Å². The fraction of sp³-hybridized carbons (Fsp3) is 0.545. The molecule has 0 aliphatic heterocycles. The van der Waals surface area contributed by atoms with Gasteiger partial charge in [-0.05, 0) is 12.1 Å². The van der Waals surface area contributed by atoms with Crippen LogP contribution in [0.2, 0.25) is 0 Å². The molecule has 1 aromatic heterocycles. The number of thioether (sulfide) groups is 1. The van der Waals surface area contributed by atoms with Gasteiger partial charge in [-0.3, -0.25) is 4.98 Å². The van der Waals surface area contributed by atoms with Gasteiger partial charge in [0.15, 0.2) is 0 Å². The van der Waals surface area contributed by atoms with Crippen LogP contribution >= 0.6 is 11.8 Å². The molecule has 1 aromatic rings. The van der Waals surface area contributed by atoms with Crippen molar-refractivity contribution < 1.29 is 9.84 Å². The molecule has 1 rings (SSSR count). The van der Waals surface area contributed by atoms with Crippen LogP contribution in [-0.4, -0.2) is 48.8 Å². The summed E-state index contributed by atoms with van der Waals surface area (Å²) >= 11 is 1.63. The van der Waals surface area contributed by atoms with Crippen LogP contribution in [0.4, 0.5) is 0 Å². The van der Waals surface area contributed by atoms with Crippen molar-refractivity contribution in [2.45, 2.75) is 11.0 Å². The Kier molecular flexibility index (Phi) is 7.16. The summed E-state index contributed by atoms with van der Waals surface area (Å²) in [6.07, 6.45) is 3.17. The molecule has 0 saturated heterocycles. The number of aliphatic hydroxyl groups excluding tert-OH is 1. The molecule has 90 valence electrons. The van der Waals surface area contributed by atoms with Crippen molar-refractivity contribution in [3.8, 4) is 0 Å². The lowest BCUT2D eigenvalue weighted by Gasteiger charge is -2.11. The van der Waals surface area contributed by atoms with E-state index in [0.29, 0.717) is 18.9 Å². The molecule has 0 bridgehead atoms. The van der Waals surface area contributed by atoms with Crippen LogP contribution < -0.4 is 5.32 Å². The van der Waals surface area contributed by atoms with Crippen LogP contribution in [-0.2, 0) is 4.74 Å². The van der Waals surface area contributed by atoms with E-state index in [9.17, 15) is 5.11 Å². The lowest BCUT2D eigenvalue weighted by atomic mass is 10.4. The van der Waals surface area contributed by atoms with Crippen molar-refractivity contribution in [3.05, 3.63) is 24.5 Å². The maximum atomic E-state index is 9.67. The maximum Gasteiger partial charge on any atom is 0.0758 e. The Bertz CT molecular complexity index is 272. The first-order valence-electron chi connectivity index (χ1n) is 5.23. The van der Waals surface area contributed by atoms with Crippen molar-refractivity contribution in [1.82, 2.24) is 10.3 Å². The Labute approximate surface area is 100 Å². The zero-order valence-electron chi connectivity index (χ0n) is 9.43. The number of ether oxygens (including phenoxy) is 1. The average molecular weight is 242 g/mol. The van der Waals surface area contributed by atoms with Crippen LogP contribution in [0.3, 0.4) is 0 Å². The molecular formula is C11H18N2O2S. The number of aliphatic hydroxyl groups is 1. The van der Waals surface area contributed by atoms with Crippen molar-refractivity contribution in [3.63, 3.8) is 0 Å². The predicted octanol–water partition coefficient (Wildman–Crippen LogP) is 0.771. The zero-order valence-corrected chi connectivity index (χ0v) is 10.2. The molecule has 5 heteroatoms. The predicted molar refractivity (Wildman–Crippen MR) is 65.7 cm³/mol. The first-order valence-corrected chi connectivity index (χ1v) is 6.22. The van der Waals surface area contributed by atoms with Gasteiger partial charge < -0.3 is 15.2 Å². The van der Waals surface area contributed by atoms with Gasteiger partial charge in [-0.25, -0.2) is 0 Å². The lowest BCUT2D eigenvalue weighted by Crippen LogP contribution is -2.30. The standard InChI is InChI=1S/C11H18N2O2S/c1-15-7-6-13-8-10(14)9-16-11-2-4-12-5-3-11/h2-5,10,13-14H,6-9H2,1H3. The smallest absolute Gasteiger partial charge is 0.0758 e. The number of pyridine rings is 1. The van der Waals surface area contributed by atoms with E-state index in [-0.39, 0.29) is 6.10 Å². The number of aromatic nitrogens is 1. The normalized spacial score (nSPS) is 12.6. The van der Waals surface area contributed by atoms with Crippen LogP contribution in [0, 0.1) is 0 Å². The second-order valence-electron chi connectivity index (χ2n) is 3.34. The SMILES string of the molecule is COCCNCC(O)CSc1ccncc1.